The Morgan fingerprint density at radius 3 is 2.93 bits per heavy atom. The van der Waals surface area contributed by atoms with Crippen molar-refractivity contribution in [2.75, 3.05) is 18.8 Å². The van der Waals surface area contributed by atoms with Crippen LogP contribution in [0.4, 0.5) is 5.82 Å². The number of aromatic amines is 1. The van der Waals surface area contributed by atoms with Gasteiger partial charge in [-0.2, -0.15) is 0 Å². The highest BCUT2D eigenvalue weighted by molar-refractivity contribution is 5.92. The van der Waals surface area contributed by atoms with Gasteiger partial charge in [0.1, 0.15) is 22.9 Å². The van der Waals surface area contributed by atoms with E-state index < -0.39 is 0 Å². The van der Waals surface area contributed by atoms with Gasteiger partial charge in [-0.1, -0.05) is 25.1 Å². The fourth-order valence-corrected chi connectivity index (χ4v) is 4.55. The predicted octanol–water partition coefficient (Wildman–Crippen LogP) is 2.86. The van der Waals surface area contributed by atoms with E-state index in [0.717, 1.165) is 67.0 Å². The molecule has 1 amide bonds. The number of carbonyl (C=O) groups excluding carboxylic acids is 1. The Labute approximate surface area is 174 Å². The Hall–Kier alpha value is -3.39. The van der Waals surface area contributed by atoms with E-state index in [1.807, 2.05) is 11.2 Å². The van der Waals surface area contributed by atoms with E-state index in [-0.39, 0.29) is 5.92 Å². The zero-order valence-corrected chi connectivity index (χ0v) is 16.9. The molecule has 5 rings (SSSR count). The van der Waals surface area contributed by atoms with Crippen LogP contribution in [0.25, 0.3) is 27.8 Å². The zero-order chi connectivity index (χ0) is 20.7. The number of H-pyrrole nitrogens is 1. The number of hydrogen-bond donors (Lipinski definition) is 3. The lowest BCUT2D eigenvalue weighted by Crippen LogP contribution is -2.42. The number of amides is 1. The maximum Gasteiger partial charge on any atom is 0.221 e. The Kier molecular flexibility index (Phi) is 4.63. The highest BCUT2D eigenvalue weighted by atomic mass is 16.1. The Morgan fingerprint density at radius 2 is 2.17 bits per heavy atom. The molecule has 4 N–H and O–H groups in total. The fourth-order valence-electron chi connectivity index (χ4n) is 4.55. The van der Waals surface area contributed by atoms with E-state index >= 15 is 0 Å². The number of piperidine rings is 1. The van der Waals surface area contributed by atoms with Crippen molar-refractivity contribution in [3.63, 3.8) is 0 Å². The van der Waals surface area contributed by atoms with Crippen molar-refractivity contribution in [3.05, 3.63) is 48.0 Å². The number of fused-ring (bicyclic) bond motifs is 2. The third-order valence-corrected chi connectivity index (χ3v) is 6.08. The van der Waals surface area contributed by atoms with Crippen LogP contribution in [0.2, 0.25) is 0 Å². The molecule has 3 aromatic heterocycles. The van der Waals surface area contributed by atoms with E-state index in [0.29, 0.717) is 5.82 Å². The molecule has 0 aliphatic carbocycles. The number of hydrogen-bond acceptors (Lipinski definition) is 5. The summed E-state index contributed by atoms with van der Waals surface area (Å²) in [5.74, 6) is 1.75. The molecule has 0 bridgehead atoms. The largest absolute Gasteiger partial charge is 0.382 e. The highest BCUT2D eigenvalue weighted by Crippen LogP contribution is 2.35. The standard InChI is InChI=1S/C22H25N7O/c1-2-14-4-3-5-16-12-17(26-18(14)16)19-20-21(23)24-8-11-29(20)22(27-19)15-6-9-28(10-7-15)25-13-30/h3-5,8,11-13,15,26H,2,6-7,9-10H2,1H3,(H2,23,24)(H,25,30). The number of hydrazine groups is 1. The summed E-state index contributed by atoms with van der Waals surface area (Å²) in [6.07, 6.45) is 7.18. The molecule has 1 aliphatic rings. The second kappa shape index (κ2) is 7.46. The van der Waals surface area contributed by atoms with Crippen LogP contribution >= 0.6 is 0 Å². The van der Waals surface area contributed by atoms with Crippen molar-refractivity contribution < 1.29 is 4.79 Å². The molecule has 1 fully saturated rings. The molecule has 0 unspecified atom stereocenters. The maximum atomic E-state index is 10.7. The van der Waals surface area contributed by atoms with Crippen molar-refractivity contribution >= 4 is 28.6 Å². The molecule has 8 heteroatoms. The molecule has 154 valence electrons. The number of nitrogen functional groups attached to an aromatic ring is 1. The van der Waals surface area contributed by atoms with E-state index in [4.69, 9.17) is 10.7 Å². The first-order valence-electron chi connectivity index (χ1n) is 10.4. The molecule has 0 atom stereocenters. The molecule has 1 aromatic carbocycles. The normalized spacial score (nSPS) is 15.8. The van der Waals surface area contributed by atoms with Crippen molar-refractivity contribution in [1.29, 1.82) is 0 Å². The number of benzene rings is 1. The topological polar surface area (TPSA) is 104 Å². The van der Waals surface area contributed by atoms with Crippen molar-refractivity contribution in [3.8, 4) is 11.4 Å². The summed E-state index contributed by atoms with van der Waals surface area (Å²) in [6, 6.07) is 8.50. The molecule has 1 saturated heterocycles. The lowest BCUT2D eigenvalue weighted by Gasteiger charge is -2.30. The zero-order valence-electron chi connectivity index (χ0n) is 16.9. The van der Waals surface area contributed by atoms with Gasteiger partial charge in [-0.15, -0.1) is 0 Å². The molecular formula is C22H25N7O. The summed E-state index contributed by atoms with van der Waals surface area (Å²) in [5.41, 5.74) is 14.1. The lowest BCUT2D eigenvalue weighted by atomic mass is 9.97. The fraction of sp³-hybridized carbons (Fsp3) is 0.318. The van der Waals surface area contributed by atoms with Gasteiger partial charge >= 0.3 is 0 Å². The van der Waals surface area contributed by atoms with Crippen LogP contribution < -0.4 is 11.2 Å². The van der Waals surface area contributed by atoms with Gasteiger partial charge in [0.2, 0.25) is 6.41 Å². The minimum atomic E-state index is 0.285. The van der Waals surface area contributed by atoms with E-state index in [1.54, 1.807) is 6.20 Å². The van der Waals surface area contributed by atoms with Crippen molar-refractivity contribution in [2.45, 2.75) is 32.1 Å². The summed E-state index contributed by atoms with van der Waals surface area (Å²) in [5, 5.41) is 3.11. The number of imidazole rings is 1. The molecule has 4 heterocycles. The number of para-hydroxylation sites is 1. The number of nitrogens with two attached hydrogens (primary N) is 1. The number of anilines is 1. The summed E-state index contributed by atoms with van der Waals surface area (Å²) < 4.78 is 2.08. The van der Waals surface area contributed by atoms with E-state index in [1.165, 1.54) is 10.9 Å². The minimum absolute atomic E-state index is 0.285. The summed E-state index contributed by atoms with van der Waals surface area (Å²) in [6.45, 7) is 3.74. The smallest absolute Gasteiger partial charge is 0.221 e. The summed E-state index contributed by atoms with van der Waals surface area (Å²) in [4.78, 5) is 23.7. The van der Waals surface area contributed by atoms with Crippen LogP contribution in [0.5, 0.6) is 0 Å². The second-order valence-corrected chi connectivity index (χ2v) is 7.78. The molecule has 0 saturated carbocycles. The second-order valence-electron chi connectivity index (χ2n) is 7.78. The first-order valence-corrected chi connectivity index (χ1v) is 10.4. The predicted molar refractivity (Wildman–Crippen MR) is 117 cm³/mol. The molecular weight excluding hydrogens is 378 g/mol. The van der Waals surface area contributed by atoms with Gasteiger partial charge in [0, 0.05) is 42.3 Å². The van der Waals surface area contributed by atoms with Crippen LogP contribution in [0.15, 0.2) is 36.7 Å². The lowest BCUT2D eigenvalue weighted by molar-refractivity contribution is -0.114. The van der Waals surface area contributed by atoms with Gasteiger partial charge in [0.25, 0.3) is 0 Å². The van der Waals surface area contributed by atoms with Crippen molar-refractivity contribution in [2.24, 2.45) is 0 Å². The molecule has 1 aliphatic heterocycles. The summed E-state index contributed by atoms with van der Waals surface area (Å²) >= 11 is 0. The number of nitrogens with one attached hydrogen (secondary N) is 2. The number of carbonyl (C=O) groups is 1. The van der Waals surface area contributed by atoms with Gasteiger partial charge in [0.05, 0.1) is 5.69 Å². The van der Waals surface area contributed by atoms with E-state index in [2.05, 4.69) is 51.0 Å². The van der Waals surface area contributed by atoms with Crippen molar-refractivity contribution in [1.82, 2.24) is 29.8 Å². The van der Waals surface area contributed by atoms with Crippen LogP contribution in [-0.2, 0) is 11.2 Å². The SMILES string of the molecule is CCc1cccc2cc(-c3nc(C4CCN(NC=O)CC4)n4ccnc(N)c34)[nH]c12. The number of nitrogens with zero attached hydrogens (tertiary/aromatic N) is 4. The highest BCUT2D eigenvalue weighted by Gasteiger charge is 2.27. The van der Waals surface area contributed by atoms with Crippen LogP contribution in [0.1, 0.15) is 37.1 Å². The first-order chi connectivity index (χ1) is 14.7. The monoisotopic (exact) mass is 403 g/mol. The number of aryl methyl sites for hydroxylation is 1. The Morgan fingerprint density at radius 1 is 1.33 bits per heavy atom. The first kappa shape index (κ1) is 18.6. The third kappa shape index (κ3) is 3.00. The van der Waals surface area contributed by atoms with Crippen LogP contribution in [0, 0.1) is 0 Å². The van der Waals surface area contributed by atoms with E-state index in [9.17, 15) is 4.79 Å². The number of aromatic nitrogens is 4. The molecule has 30 heavy (non-hydrogen) atoms. The molecule has 4 aromatic rings. The van der Waals surface area contributed by atoms with Gasteiger partial charge in [-0.05, 0) is 30.9 Å². The quantitative estimate of drug-likeness (QED) is 0.445. The van der Waals surface area contributed by atoms with Gasteiger partial charge in [0.15, 0.2) is 0 Å². The minimum Gasteiger partial charge on any atom is -0.382 e. The summed E-state index contributed by atoms with van der Waals surface area (Å²) in [7, 11) is 0. The average molecular weight is 403 g/mol. The Balaban J connectivity index is 1.61. The average Bonchev–Trinajstić information content (AvgIpc) is 3.37. The third-order valence-electron chi connectivity index (χ3n) is 6.08. The Bertz CT molecular complexity index is 1220. The van der Waals surface area contributed by atoms with Crippen LogP contribution in [0.3, 0.4) is 0 Å². The molecule has 8 nitrogen and oxygen atoms in total. The molecule has 0 radical (unpaired) electrons. The van der Waals surface area contributed by atoms with Gasteiger partial charge in [-0.25, -0.2) is 15.0 Å². The maximum absolute atomic E-state index is 10.7. The van der Waals surface area contributed by atoms with Gasteiger partial charge in [-0.3, -0.25) is 14.6 Å². The van der Waals surface area contributed by atoms with Gasteiger partial charge < -0.3 is 10.7 Å². The number of rotatable bonds is 5. The van der Waals surface area contributed by atoms with Crippen LogP contribution in [-0.4, -0.2) is 43.9 Å². The molecule has 0 spiro atoms.